The maximum atomic E-state index is 6.56. The van der Waals surface area contributed by atoms with E-state index in [-0.39, 0.29) is 0 Å². The van der Waals surface area contributed by atoms with E-state index >= 15 is 0 Å². The number of nitrogen functional groups attached to an aromatic ring is 1. The topological polar surface area (TPSA) is 29.3 Å². The molecule has 8 aromatic carbocycles. The van der Waals surface area contributed by atoms with Crippen molar-refractivity contribution in [3.63, 3.8) is 0 Å². The Labute approximate surface area is 344 Å². The van der Waals surface area contributed by atoms with Crippen molar-refractivity contribution in [2.24, 2.45) is 5.92 Å². The Morgan fingerprint density at radius 3 is 1.36 bits per heavy atom. The minimum atomic E-state index is 0.411. The molecule has 9 rings (SSSR count). The van der Waals surface area contributed by atoms with E-state index in [9.17, 15) is 0 Å². The quantitative estimate of drug-likeness (QED) is 0.0951. The van der Waals surface area contributed by atoms with Crippen LogP contribution in [0, 0.1) is 5.92 Å². The van der Waals surface area contributed by atoms with Gasteiger partial charge in [-0.2, -0.15) is 0 Å². The van der Waals surface area contributed by atoms with Crippen LogP contribution in [0.3, 0.4) is 0 Å². The Kier molecular flexibility index (Phi) is 12.8. The van der Waals surface area contributed by atoms with Gasteiger partial charge in [0, 0.05) is 12.2 Å². The summed E-state index contributed by atoms with van der Waals surface area (Å²) in [5.41, 5.74) is 19.3. The summed E-state index contributed by atoms with van der Waals surface area (Å²) in [6, 6.07) is 63.5. The van der Waals surface area contributed by atoms with Gasteiger partial charge in [0.25, 0.3) is 0 Å². The Balaban J connectivity index is 0.000000980. The molecule has 0 spiro atoms. The Bertz CT molecular complexity index is 2590. The normalized spacial score (nSPS) is 12.9. The zero-order valence-electron chi connectivity index (χ0n) is 33.9. The van der Waals surface area contributed by atoms with Crippen LogP contribution >= 0.6 is 0 Å². The number of nitrogens with two attached hydrogens (primary N) is 1. The molecule has 0 fully saturated rings. The lowest BCUT2D eigenvalue weighted by atomic mass is 9.85. The number of para-hydroxylation sites is 2. The number of rotatable bonds is 8. The highest BCUT2D eigenvalue weighted by molar-refractivity contribution is 6.21. The van der Waals surface area contributed by atoms with Crippen molar-refractivity contribution in [3.8, 4) is 44.5 Å². The second-order valence-corrected chi connectivity index (χ2v) is 14.3. The maximum Gasteiger partial charge on any atom is 0.0644 e. The average molecular weight is 753 g/mol. The second kappa shape index (κ2) is 18.8. The minimum absolute atomic E-state index is 0.411. The number of benzene rings is 8. The fourth-order valence-electron chi connectivity index (χ4n) is 7.95. The van der Waals surface area contributed by atoms with Crippen LogP contribution < -0.4 is 10.6 Å². The molecule has 0 heterocycles. The molecule has 2 nitrogen and oxygen atoms in total. The van der Waals surface area contributed by atoms with E-state index in [1.807, 2.05) is 32.9 Å². The van der Waals surface area contributed by atoms with Crippen LogP contribution in [-0.4, -0.2) is 6.54 Å². The Morgan fingerprint density at radius 2 is 0.914 bits per heavy atom. The zero-order valence-corrected chi connectivity index (χ0v) is 33.9. The summed E-state index contributed by atoms with van der Waals surface area (Å²) in [7, 11) is 0. The number of anilines is 3. The molecule has 1 unspecified atom stereocenters. The van der Waals surface area contributed by atoms with Gasteiger partial charge >= 0.3 is 0 Å². The number of fused-ring (bicyclic) bond motifs is 2. The largest absolute Gasteiger partial charge is 0.397 e. The fourth-order valence-corrected chi connectivity index (χ4v) is 7.95. The molecular weight excluding hydrogens is 701 g/mol. The number of nitrogens with zero attached hydrogens (tertiary/aromatic N) is 1. The molecule has 0 amide bonds. The smallest absolute Gasteiger partial charge is 0.0644 e. The first kappa shape index (κ1) is 39.3. The van der Waals surface area contributed by atoms with Gasteiger partial charge in [-0.1, -0.05) is 196 Å². The van der Waals surface area contributed by atoms with Gasteiger partial charge in [-0.3, -0.25) is 0 Å². The lowest BCUT2D eigenvalue weighted by Gasteiger charge is -2.30. The summed E-state index contributed by atoms with van der Waals surface area (Å²) >= 11 is 0. The van der Waals surface area contributed by atoms with E-state index in [0.717, 1.165) is 30.0 Å². The summed E-state index contributed by atoms with van der Waals surface area (Å²) in [4.78, 5) is 2.37. The van der Waals surface area contributed by atoms with Crippen LogP contribution in [0.5, 0.6) is 0 Å². The number of hydrogen-bond acceptors (Lipinski definition) is 2. The highest BCUT2D eigenvalue weighted by Crippen LogP contribution is 2.44. The van der Waals surface area contributed by atoms with Crippen LogP contribution in [-0.2, 0) is 0 Å². The predicted molar refractivity (Wildman–Crippen MR) is 255 cm³/mol. The van der Waals surface area contributed by atoms with Crippen molar-refractivity contribution < 1.29 is 0 Å². The van der Waals surface area contributed by atoms with Crippen molar-refractivity contribution in [3.05, 3.63) is 213 Å². The molecule has 0 aromatic heterocycles. The van der Waals surface area contributed by atoms with Crippen LogP contribution in [0.15, 0.2) is 213 Å². The van der Waals surface area contributed by atoms with Crippen molar-refractivity contribution in [1.82, 2.24) is 0 Å². The summed E-state index contributed by atoms with van der Waals surface area (Å²) in [5, 5.41) is 5.00. The predicted octanol–water partition coefficient (Wildman–Crippen LogP) is 15.7. The summed E-state index contributed by atoms with van der Waals surface area (Å²) < 4.78 is 0. The van der Waals surface area contributed by atoms with E-state index in [1.54, 1.807) is 6.08 Å². The highest BCUT2D eigenvalue weighted by atomic mass is 15.1. The molecule has 286 valence electrons. The van der Waals surface area contributed by atoms with Crippen LogP contribution in [0.25, 0.3) is 66.1 Å². The average Bonchev–Trinajstić information content (AvgIpc) is 3.29. The first-order chi connectivity index (χ1) is 28.6. The first-order valence-electron chi connectivity index (χ1n) is 20.5. The third kappa shape index (κ3) is 8.43. The maximum absolute atomic E-state index is 6.56. The Morgan fingerprint density at radius 1 is 0.517 bits per heavy atom. The number of allylic oxidation sites excluding steroid dienone is 4. The molecule has 1 aliphatic carbocycles. The van der Waals surface area contributed by atoms with Crippen LogP contribution in [0.4, 0.5) is 17.1 Å². The SMILES string of the molecule is C=CC.CC.Nc1ccccc1N(CC1C=CC=CC1)c1ccc(-c2c3ccccc3c(-c3ccc(-c4ccc(-c5ccccc5)cc4)cc3)c3ccccc23)cc1. The van der Waals surface area contributed by atoms with E-state index in [0.29, 0.717) is 5.92 Å². The molecule has 0 bridgehead atoms. The fraction of sp³-hybridized carbons (Fsp3) is 0.107. The summed E-state index contributed by atoms with van der Waals surface area (Å²) in [6.07, 6.45) is 11.6. The van der Waals surface area contributed by atoms with E-state index in [1.165, 1.54) is 66.1 Å². The monoisotopic (exact) mass is 752 g/mol. The third-order valence-electron chi connectivity index (χ3n) is 10.6. The molecule has 0 saturated carbocycles. The van der Waals surface area contributed by atoms with E-state index < -0.39 is 0 Å². The molecule has 8 aromatic rings. The van der Waals surface area contributed by atoms with Gasteiger partial charge in [0.05, 0.1) is 11.4 Å². The van der Waals surface area contributed by atoms with Crippen molar-refractivity contribution in [2.45, 2.75) is 27.2 Å². The van der Waals surface area contributed by atoms with E-state index in [2.05, 4.69) is 200 Å². The standard InChI is InChI=1S/C51H40N2.C3H6.C2H6/c52-48-21-11-12-22-49(48)53(35-36-13-3-1-4-14-36)43-33-31-42(32-34-43)51-46-19-9-7-17-44(46)50(45-18-8-10-20-47(45)51)41-29-27-40(28-30-41)39-25-23-38(24-26-39)37-15-5-2-6-16-37;1-3-2;1-2/h1-13,15-34,36H,14,35,52H2;3H,1H2,2H3;1-2H3. The summed E-state index contributed by atoms with van der Waals surface area (Å²) in [5.74, 6) is 0.411. The van der Waals surface area contributed by atoms with Gasteiger partial charge < -0.3 is 10.6 Å². The molecule has 2 heteroatoms. The lowest BCUT2D eigenvalue weighted by molar-refractivity contribution is 0.657. The molecule has 58 heavy (non-hydrogen) atoms. The summed E-state index contributed by atoms with van der Waals surface area (Å²) in [6.45, 7) is 10.1. The van der Waals surface area contributed by atoms with Gasteiger partial charge in [-0.15, -0.1) is 6.58 Å². The van der Waals surface area contributed by atoms with E-state index in [4.69, 9.17) is 5.73 Å². The van der Waals surface area contributed by atoms with Gasteiger partial charge in [0.2, 0.25) is 0 Å². The van der Waals surface area contributed by atoms with Crippen molar-refractivity contribution in [2.75, 3.05) is 17.2 Å². The van der Waals surface area contributed by atoms with Gasteiger partial charge in [0.1, 0.15) is 0 Å². The molecule has 0 radical (unpaired) electrons. The Hall–Kier alpha value is -6.90. The first-order valence-corrected chi connectivity index (χ1v) is 20.5. The van der Waals surface area contributed by atoms with Gasteiger partial charge in [0.15, 0.2) is 0 Å². The minimum Gasteiger partial charge on any atom is -0.397 e. The van der Waals surface area contributed by atoms with Crippen LogP contribution in [0.2, 0.25) is 0 Å². The highest BCUT2D eigenvalue weighted by Gasteiger charge is 2.20. The molecule has 0 aliphatic heterocycles. The molecule has 1 aliphatic rings. The molecule has 2 N–H and O–H groups in total. The second-order valence-electron chi connectivity index (χ2n) is 14.3. The van der Waals surface area contributed by atoms with Crippen molar-refractivity contribution >= 4 is 38.6 Å². The molecule has 1 atom stereocenters. The molecular formula is C56H52N2. The van der Waals surface area contributed by atoms with Gasteiger partial charge in [-0.25, -0.2) is 0 Å². The van der Waals surface area contributed by atoms with Crippen LogP contribution in [0.1, 0.15) is 27.2 Å². The van der Waals surface area contributed by atoms with Crippen molar-refractivity contribution in [1.29, 1.82) is 0 Å². The number of hydrogen-bond donors (Lipinski definition) is 1. The zero-order chi connectivity index (χ0) is 40.3. The third-order valence-corrected chi connectivity index (χ3v) is 10.6. The molecule has 0 saturated heterocycles. The van der Waals surface area contributed by atoms with Gasteiger partial charge in [-0.05, 0) is 110 Å². The lowest BCUT2D eigenvalue weighted by Crippen LogP contribution is -2.25.